The highest BCUT2D eigenvalue weighted by Crippen LogP contribution is 2.47. The van der Waals surface area contributed by atoms with Gasteiger partial charge in [-0.2, -0.15) is 0 Å². The quantitative estimate of drug-likeness (QED) is 0.582. The van der Waals surface area contributed by atoms with E-state index in [4.69, 9.17) is 9.47 Å². The van der Waals surface area contributed by atoms with Crippen LogP contribution in [0.2, 0.25) is 0 Å². The Morgan fingerprint density at radius 1 is 1.15 bits per heavy atom. The Balaban J connectivity index is 1.82. The first-order valence-corrected chi connectivity index (χ1v) is 11.7. The van der Waals surface area contributed by atoms with E-state index in [9.17, 15) is 14.7 Å². The fourth-order valence-corrected chi connectivity index (χ4v) is 4.81. The van der Waals surface area contributed by atoms with E-state index in [0.29, 0.717) is 41.7 Å². The van der Waals surface area contributed by atoms with Crippen LogP contribution in [0.1, 0.15) is 63.0 Å². The molecule has 6 heteroatoms. The fraction of sp³-hybridized carbons (Fsp3) is 0.357. The summed E-state index contributed by atoms with van der Waals surface area (Å²) < 4.78 is 11.0. The molecule has 34 heavy (non-hydrogen) atoms. The van der Waals surface area contributed by atoms with Gasteiger partial charge in [-0.25, -0.2) is 4.79 Å². The van der Waals surface area contributed by atoms with Crippen molar-refractivity contribution in [2.24, 2.45) is 0 Å². The lowest BCUT2D eigenvalue weighted by molar-refractivity contribution is -0.144. The van der Waals surface area contributed by atoms with Gasteiger partial charge in [0.25, 0.3) is 0 Å². The minimum atomic E-state index is -0.605. The number of benzene rings is 2. The van der Waals surface area contributed by atoms with Crippen molar-refractivity contribution in [1.82, 2.24) is 5.32 Å². The second-order valence-corrected chi connectivity index (χ2v) is 8.98. The van der Waals surface area contributed by atoms with Crippen molar-refractivity contribution in [3.63, 3.8) is 0 Å². The molecule has 2 aromatic rings. The molecule has 4 rings (SSSR count). The van der Waals surface area contributed by atoms with E-state index in [0.717, 1.165) is 11.3 Å². The van der Waals surface area contributed by atoms with E-state index in [2.05, 4.69) is 5.32 Å². The van der Waals surface area contributed by atoms with E-state index in [1.807, 2.05) is 51.1 Å². The van der Waals surface area contributed by atoms with Crippen LogP contribution in [0.3, 0.4) is 0 Å². The van der Waals surface area contributed by atoms with Crippen LogP contribution in [0, 0.1) is 0 Å². The molecule has 178 valence electrons. The maximum atomic E-state index is 13.6. The molecular weight excluding hydrogens is 430 g/mol. The van der Waals surface area contributed by atoms with Gasteiger partial charge in [-0.3, -0.25) is 4.79 Å². The third-order valence-electron chi connectivity index (χ3n) is 6.74. The SMILES string of the molecule is CC[C@H](C)OC(=O)C1=C(C)NC2=C(C(=O)C[C@H](c3ccccc3)C2)[C@H]1c1ccc(O)c(OC)c1. The highest BCUT2D eigenvalue weighted by Gasteiger charge is 2.41. The van der Waals surface area contributed by atoms with Gasteiger partial charge < -0.3 is 19.9 Å². The second-order valence-electron chi connectivity index (χ2n) is 8.98. The van der Waals surface area contributed by atoms with Gasteiger partial charge in [-0.05, 0) is 55.9 Å². The second kappa shape index (κ2) is 9.75. The average molecular weight is 462 g/mol. The smallest absolute Gasteiger partial charge is 0.337 e. The van der Waals surface area contributed by atoms with Gasteiger partial charge in [0.2, 0.25) is 0 Å². The highest BCUT2D eigenvalue weighted by molar-refractivity contribution is 6.04. The molecule has 2 aliphatic rings. The Morgan fingerprint density at radius 3 is 2.56 bits per heavy atom. The van der Waals surface area contributed by atoms with Gasteiger partial charge in [0.15, 0.2) is 17.3 Å². The number of Topliss-reactive ketones (excluding diaryl/α,β-unsaturated/α-hetero) is 1. The number of hydrogen-bond acceptors (Lipinski definition) is 6. The minimum Gasteiger partial charge on any atom is -0.504 e. The predicted molar refractivity (Wildman–Crippen MR) is 130 cm³/mol. The summed E-state index contributed by atoms with van der Waals surface area (Å²) in [7, 11) is 1.47. The number of phenols is 1. The standard InChI is InChI=1S/C28H31NO5/c1-5-16(2)34-28(32)25-17(3)29-21-13-20(18-9-7-6-8-10-18)14-23(31)27(21)26(25)19-11-12-22(30)24(15-19)33-4/h6-12,15-16,20,26,29-30H,5,13-14H2,1-4H3/t16-,20+,26-/m0/s1. The highest BCUT2D eigenvalue weighted by atomic mass is 16.5. The number of nitrogens with one attached hydrogen (secondary N) is 1. The first-order chi connectivity index (χ1) is 16.3. The van der Waals surface area contributed by atoms with Crippen LogP contribution in [-0.4, -0.2) is 30.1 Å². The zero-order valence-electron chi connectivity index (χ0n) is 20.1. The zero-order valence-corrected chi connectivity index (χ0v) is 20.1. The van der Waals surface area contributed by atoms with Crippen molar-refractivity contribution < 1.29 is 24.2 Å². The van der Waals surface area contributed by atoms with Crippen LogP contribution in [0.15, 0.2) is 71.1 Å². The van der Waals surface area contributed by atoms with Crippen molar-refractivity contribution >= 4 is 11.8 Å². The summed E-state index contributed by atoms with van der Waals surface area (Å²) in [5.41, 5.74) is 4.33. The van der Waals surface area contributed by atoms with E-state index >= 15 is 0 Å². The molecule has 0 spiro atoms. The maximum Gasteiger partial charge on any atom is 0.337 e. The number of esters is 1. The van der Waals surface area contributed by atoms with Gasteiger partial charge in [0.05, 0.1) is 18.8 Å². The number of hydrogen-bond donors (Lipinski definition) is 2. The Hall–Kier alpha value is -3.54. The van der Waals surface area contributed by atoms with Gasteiger partial charge in [0, 0.05) is 29.3 Å². The van der Waals surface area contributed by atoms with Gasteiger partial charge in [-0.15, -0.1) is 0 Å². The molecule has 0 fully saturated rings. The topological polar surface area (TPSA) is 84.9 Å². The summed E-state index contributed by atoms with van der Waals surface area (Å²) >= 11 is 0. The first kappa shape index (κ1) is 23.6. The van der Waals surface area contributed by atoms with Crippen LogP contribution in [0.4, 0.5) is 0 Å². The van der Waals surface area contributed by atoms with Crippen LogP contribution >= 0.6 is 0 Å². The number of ether oxygens (including phenoxy) is 2. The molecule has 0 saturated heterocycles. The van der Waals surface area contributed by atoms with Crippen LogP contribution in [0.25, 0.3) is 0 Å². The summed E-state index contributed by atoms with van der Waals surface area (Å²) in [5.74, 6) is -0.696. The lowest BCUT2D eigenvalue weighted by Crippen LogP contribution is -2.36. The number of ketones is 1. The molecule has 2 aromatic carbocycles. The monoisotopic (exact) mass is 461 g/mol. The molecule has 0 saturated carbocycles. The summed E-state index contributed by atoms with van der Waals surface area (Å²) in [6, 6.07) is 15.0. The first-order valence-electron chi connectivity index (χ1n) is 11.7. The van der Waals surface area contributed by atoms with Crippen LogP contribution in [-0.2, 0) is 14.3 Å². The van der Waals surface area contributed by atoms with E-state index < -0.39 is 11.9 Å². The molecule has 1 aliphatic carbocycles. The van der Waals surface area contributed by atoms with Crippen molar-refractivity contribution in [1.29, 1.82) is 0 Å². The molecule has 0 unspecified atom stereocenters. The number of phenolic OH excluding ortho intramolecular Hbond substituents is 1. The minimum absolute atomic E-state index is 0.000912. The Bertz CT molecular complexity index is 1160. The van der Waals surface area contributed by atoms with E-state index in [1.54, 1.807) is 12.1 Å². The Labute approximate surface area is 200 Å². The Kier molecular flexibility index (Phi) is 6.77. The molecule has 0 bridgehead atoms. The zero-order chi connectivity index (χ0) is 24.4. The third kappa shape index (κ3) is 4.45. The number of allylic oxidation sites excluding steroid dienone is 3. The van der Waals surface area contributed by atoms with Crippen molar-refractivity contribution in [2.45, 2.75) is 58.0 Å². The fourth-order valence-electron chi connectivity index (χ4n) is 4.81. The molecule has 1 aliphatic heterocycles. The normalized spacial score (nSPS) is 21.0. The molecular formula is C28H31NO5. The number of carbonyl (C=O) groups excluding carboxylic acids is 2. The van der Waals surface area contributed by atoms with Crippen molar-refractivity contribution in [3.05, 3.63) is 82.2 Å². The lowest BCUT2D eigenvalue weighted by atomic mass is 9.71. The summed E-state index contributed by atoms with van der Waals surface area (Å²) in [4.78, 5) is 26.9. The van der Waals surface area contributed by atoms with E-state index in [1.165, 1.54) is 13.2 Å². The van der Waals surface area contributed by atoms with Crippen molar-refractivity contribution in [2.75, 3.05) is 7.11 Å². The van der Waals surface area contributed by atoms with Gasteiger partial charge >= 0.3 is 5.97 Å². The molecule has 6 nitrogen and oxygen atoms in total. The van der Waals surface area contributed by atoms with E-state index in [-0.39, 0.29) is 29.3 Å². The summed E-state index contributed by atoms with van der Waals surface area (Å²) in [6.07, 6.45) is 1.47. The maximum absolute atomic E-state index is 13.6. The third-order valence-corrected chi connectivity index (χ3v) is 6.74. The van der Waals surface area contributed by atoms with Crippen molar-refractivity contribution in [3.8, 4) is 11.5 Å². The number of rotatable bonds is 6. The molecule has 0 aromatic heterocycles. The summed E-state index contributed by atoms with van der Waals surface area (Å²) in [5, 5.41) is 13.5. The van der Waals surface area contributed by atoms with Crippen LogP contribution in [0.5, 0.6) is 11.5 Å². The molecule has 0 amide bonds. The van der Waals surface area contributed by atoms with Gasteiger partial charge in [0.1, 0.15) is 0 Å². The average Bonchev–Trinajstić information content (AvgIpc) is 2.83. The molecule has 0 radical (unpaired) electrons. The number of carbonyl (C=O) groups is 2. The Morgan fingerprint density at radius 2 is 1.88 bits per heavy atom. The number of dihydropyridines is 1. The van der Waals surface area contributed by atoms with Crippen LogP contribution < -0.4 is 10.1 Å². The largest absolute Gasteiger partial charge is 0.504 e. The predicted octanol–water partition coefficient (Wildman–Crippen LogP) is 5.10. The molecule has 2 N–H and O–H groups in total. The lowest BCUT2D eigenvalue weighted by Gasteiger charge is -2.37. The molecule has 3 atom stereocenters. The van der Waals surface area contributed by atoms with Gasteiger partial charge in [-0.1, -0.05) is 43.3 Å². The number of aromatic hydroxyl groups is 1. The number of methoxy groups -OCH3 is 1. The summed E-state index contributed by atoms with van der Waals surface area (Å²) in [6.45, 7) is 5.65. The molecule has 1 heterocycles.